The summed E-state index contributed by atoms with van der Waals surface area (Å²) < 4.78 is 19.1. The summed E-state index contributed by atoms with van der Waals surface area (Å²) in [5, 5.41) is 0. The van der Waals surface area contributed by atoms with Crippen molar-refractivity contribution in [3.63, 3.8) is 0 Å². The molecular formula is C13H13BrFNO. The SMILES string of the molecule is Cc1cc(C(N)Cc2cc(F)cc(Br)c2)co1. The highest BCUT2D eigenvalue weighted by Crippen LogP contribution is 2.21. The maximum atomic E-state index is 13.2. The minimum atomic E-state index is -0.259. The van der Waals surface area contributed by atoms with E-state index in [0.29, 0.717) is 6.42 Å². The van der Waals surface area contributed by atoms with E-state index in [0.717, 1.165) is 21.4 Å². The summed E-state index contributed by atoms with van der Waals surface area (Å²) in [6, 6.07) is 6.52. The van der Waals surface area contributed by atoms with Crippen molar-refractivity contribution in [2.45, 2.75) is 19.4 Å². The molecule has 1 heterocycles. The van der Waals surface area contributed by atoms with E-state index in [1.54, 1.807) is 6.26 Å². The molecule has 0 radical (unpaired) electrons. The van der Waals surface area contributed by atoms with Crippen LogP contribution >= 0.6 is 15.9 Å². The van der Waals surface area contributed by atoms with Crippen LogP contribution in [0.2, 0.25) is 0 Å². The molecule has 2 nitrogen and oxygen atoms in total. The van der Waals surface area contributed by atoms with Crippen molar-refractivity contribution >= 4 is 15.9 Å². The Morgan fingerprint density at radius 1 is 1.35 bits per heavy atom. The predicted molar refractivity (Wildman–Crippen MR) is 68.2 cm³/mol. The molecule has 1 aromatic heterocycles. The Hall–Kier alpha value is -1.13. The monoisotopic (exact) mass is 297 g/mol. The lowest BCUT2D eigenvalue weighted by Gasteiger charge is -2.09. The maximum Gasteiger partial charge on any atom is 0.124 e. The molecule has 1 unspecified atom stereocenters. The Kier molecular flexibility index (Phi) is 3.64. The van der Waals surface area contributed by atoms with E-state index < -0.39 is 0 Å². The summed E-state index contributed by atoms with van der Waals surface area (Å²) in [6.07, 6.45) is 2.23. The van der Waals surface area contributed by atoms with Crippen molar-refractivity contribution < 1.29 is 8.81 Å². The zero-order valence-corrected chi connectivity index (χ0v) is 11.0. The van der Waals surface area contributed by atoms with Crippen LogP contribution in [0.15, 0.2) is 39.4 Å². The molecule has 0 bridgehead atoms. The fourth-order valence-corrected chi connectivity index (χ4v) is 2.27. The van der Waals surface area contributed by atoms with E-state index in [2.05, 4.69) is 15.9 Å². The van der Waals surface area contributed by atoms with E-state index in [9.17, 15) is 4.39 Å². The average molecular weight is 298 g/mol. The van der Waals surface area contributed by atoms with E-state index in [-0.39, 0.29) is 11.9 Å². The minimum absolute atomic E-state index is 0.179. The molecule has 2 aromatic rings. The van der Waals surface area contributed by atoms with Crippen LogP contribution in [-0.2, 0) is 6.42 Å². The van der Waals surface area contributed by atoms with Gasteiger partial charge in [0.05, 0.1) is 6.26 Å². The van der Waals surface area contributed by atoms with Crippen LogP contribution < -0.4 is 5.73 Å². The van der Waals surface area contributed by atoms with Gasteiger partial charge in [0.25, 0.3) is 0 Å². The van der Waals surface area contributed by atoms with Crippen LogP contribution in [0.25, 0.3) is 0 Å². The summed E-state index contributed by atoms with van der Waals surface area (Å²) in [5.74, 6) is 0.570. The van der Waals surface area contributed by atoms with Crippen molar-refractivity contribution in [1.29, 1.82) is 0 Å². The van der Waals surface area contributed by atoms with Crippen molar-refractivity contribution in [3.8, 4) is 0 Å². The zero-order valence-electron chi connectivity index (χ0n) is 9.41. The molecule has 90 valence electrons. The van der Waals surface area contributed by atoms with Crippen LogP contribution in [-0.4, -0.2) is 0 Å². The molecule has 17 heavy (non-hydrogen) atoms. The zero-order chi connectivity index (χ0) is 12.4. The average Bonchev–Trinajstić information content (AvgIpc) is 2.63. The quantitative estimate of drug-likeness (QED) is 0.937. The number of hydrogen-bond donors (Lipinski definition) is 1. The Morgan fingerprint density at radius 2 is 2.12 bits per heavy atom. The molecule has 0 saturated carbocycles. The molecule has 2 rings (SSSR count). The van der Waals surface area contributed by atoms with E-state index in [4.69, 9.17) is 10.2 Å². The highest BCUT2D eigenvalue weighted by molar-refractivity contribution is 9.10. The molecule has 0 spiro atoms. The van der Waals surface area contributed by atoms with Crippen LogP contribution in [0, 0.1) is 12.7 Å². The largest absolute Gasteiger partial charge is 0.469 e. The van der Waals surface area contributed by atoms with Crippen LogP contribution in [0.4, 0.5) is 4.39 Å². The van der Waals surface area contributed by atoms with Gasteiger partial charge in [-0.25, -0.2) is 4.39 Å². The molecule has 0 saturated heterocycles. The van der Waals surface area contributed by atoms with Crippen molar-refractivity contribution in [2.24, 2.45) is 5.73 Å². The van der Waals surface area contributed by atoms with E-state index >= 15 is 0 Å². The summed E-state index contributed by atoms with van der Waals surface area (Å²) >= 11 is 3.26. The van der Waals surface area contributed by atoms with Gasteiger partial charge >= 0.3 is 0 Å². The van der Waals surface area contributed by atoms with Gasteiger partial charge in [0, 0.05) is 16.1 Å². The first-order chi connectivity index (χ1) is 8.04. The van der Waals surface area contributed by atoms with Crippen molar-refractivity contribution in [2.75, 3.05) is 0 Å². The number of hydrogen-bond acceptors (Lipinski definition) is 2. The fraction of sp³-hybridized carbons (Fsp3) is 0.231. The molecule has 0 aliphatic heterocycles. The van der Waals surface area contributed by atoms with Gasteiger partial charge in [-0.2, -0.15) is 0 Å². The minimum Gasteiger partial charge on any atom is -0.469 e. The van der Waals surface area contributed by atoms with Gasteiger partial charge in [0.2, 0.25) is 0 Å². The molecular weight excluding hydrogens is 285 g/mol. The number of aryl methyl sites for hydroxylation is 1. The van der Waals surface area contributed by atoms with Gasteiger partial charge < -0.3 is 10.2 Å². The Morgan fingerprint density at radius 3 is 2.71 bits per heavy atom. The first-order valence-electron chi connectivity index (χ1n) is 5.30. The number of rotatable bonds is 3. The smallest absolute Gasteiger partial charge is 0.124 e. The highest BCUT2D eigenvalue weighted by Gasteiger charge is 2.10. The van der Waals surface area contributed by atoms with Gasteiger partial charge in [-0.15, -0.1) is 0 Å². The topological polar surface area (TPSA) is 39.2 Å². The fourth-order valence-electron chi connectivity index (χ4n) is 1.76. The van der Waals surface area contributed by atoms with Crippen molar-refractivity contribution in [1.82, 2.24) is 0 Å². The number of furan rings is 1. The molecule has 2 N–H and O–H groups in total. The van der Waals surface area contributed by atoms with Crippen LogP contribution in [0.1, 0.15) is 22.9 Å². The lowest BCUT2D eigenvalue weighted by atomic mass is 10.0. The van der Waals surface area contributed by atoms with Gasteiger partial charge in [-0.05, 0) is 43.2 Å². The summed E-state index contributed by atoms with van der Waals surface area (Å²) in [4.78, 5) is 0. The molecule has 1 aromatic carbocycles. The second kappa shape index (κ2) is 5.02. The first kappa shape index (κ1) is 12.3. The number of halogens is 2. The molecule has 1 atom stereocenters. The van der Waals surface area contributed by atoms with Crippen LogP contribution in [0.3, 0.4) is 0 Å². The summed E-state index contributed by atoms with van der Waals surface area (Å²) in [5.41, 5.74) is 7.84. The third-order valence-corrected chi connectivity index (χ3v) is 3.01. The molecule has 0 aliphatic rings. The third-order valence-electron chi connectivity index (χ3n) is 2.56. The van der Waals surface area contributed by atoms with Gasteiger partial charge in [-0.1, -0.05) is 15.9 Å². The standard InChI is InChI=1S/C13H13BrFNO/c1-8-2-10(7-17-8)13(16)5-9-3-11(14)6-12(15)4-9/h2-4,6-7,13H,5,16H2,1H3. The Balaban J connectivity index is 2.15. The molecule has 0 aliphatic carbocycles. The van der Waals surface area contributed by atoms with Crippen LogP contribution in [0.5, 0.6) is 0 Å². The first-order valence-corrected chi connectivity index (χ1v) is 6.09. The maximum absolute atomic E-state index is 13.2. The van der Waals surface area contributed by atoms with Gasteiger partial charge in [0.1, 0.15) is 11.6 Å². The molecule has 0 amide bonds. The summed E-state index contributed by atoms with van der Waals surface area (Å²) in [6.45, 7) is 1.87. The Labute approximate surface area is 108 Å². The third kappa shape index (κ3) is 3.17. The molecule has 4 heteroatoms. The summed E-state index contributed by atoms with van der Waals surface area (Å²) in [7, 11) is 0. The lowest BCUT2D eigenvalue weighted by Crippen LogP contribution is -2.12. The second-order valence-electron chi connectivity index (χ2n) is 4.08. The normalized spacial score (nSPS) is 12.7. The van der Waals surface area contributed by atoms with Gasteiger partial charge in [-0.3, -0.25) is 0 Å². The lowest BCUT2D eigenvalue weighted by molar-refractivity contribution is 0.528. The van der Waals surface area contributed by atoms with Crippen molar-refractivity contribution in [3.05, 3.63) is 57.7 Å². The highest BCUT2D eigenvalue weighted by atomic mass is 79.9. The Bertz CT molecular complexity index is 504. The van der Waals surface area contributed by atoms with E-state index in [1.165, 1.54) is 12.1 Å². The van der Waals surface area contributed by atoms with E-state index in [1.807, 2.05) is 19.1 Å². The number of nitrogens with two attached hydrogens (primary N) is 1. The van der Waals surface area contributed by atoms with Gasteiger partial charge in [0.15, 0.2) is 0 Å². The number of benzene rings is 1. The predicted octanol–water partition coefficient (Wildman–Crippen LogP) is 3.73. The molecule has 0 fully saturated rings. The second-order valence-corrected chi connectivity index (χ2v) is 4.99.